The topological polar surface area (TPSA) is 98.8 Å². The van der Waals surface area contributed by atoms with E-state index in [2.05, 4.69) is 5.43 Å². The number of nitrogens with two attached hydrogens (primary N) is 1. The van der Waals surface area contributed by atoms with Crippen LogP contribution in [0.1, 0.15) is 15.9 Å². The first kappa shape index (κ1) is 14.4. The van der Waals surface area contributed by atoms with Crippen LogP contribution < -0.4 is 11.3 Å². The lowest BCUT2D eigenvalue weighted by atomic mass is 10.1. The number of benzene rings is 1. The van der Waals surface area contributed by atoms with Gasteiger partial charge in [0.15, 0.2) is 0 Å². The molecule has 0 heterocycles. The molecular weight excluding hydrogens is 234 g/mol. The number of carbonyl (C=O) groups excluding carboxylic acids is 1. The molecule has 0 fully saturated rings. The average Bonchev–Trinajstić information content (AvgIpc) is 2.37. The van der Waals surface area contributed by atoms with E-state index < -0.39 is 0 Å². The van der Waals surface area contributed by atoms with Gasteiger partial charge in [-0.2, -0.15) is 0 Å². The highest BCUT2D eigenvalue weighted by molar-refractivity contribution is 5.96. The van der Waals surface area contributed by atoms with Crippen LogP contribution in [-0.4, -0.2) is 47.3 Å². The Balaban J connectivity index is 2.93. The number of aliphatic hydroxyl groups is 2. The van der Waals surface area contributed by atoms with E-state index in [-0.39, 0.29) is 32.2 Å². The first-order valence-corrected chi connectivity index (χ1v) is 5.72. The molecule has 0 radical (unpaired) electrons. The Labute approximate surface area is 106 Å². The third-order valence-corrected chi connectivity index (χ3v) is 2.65. The van der Waals surface area contributed by atoms with Crippen molar-refractivity contribution in [3.63, 3.8) is 0 Å². The fraction of sp³-hybridized carbons (Fsp3) is 0.417. The van der Waals surface area contributed by atoms with Crippen molar-refractivity contribution in [1.82, 2.24) is 4.90 Å². The largest absolute Gasteiger partial charge is 0.395 e. The zero-order valence-corrected chi connectivity index (χ0v) is 10.4. The molecule has 0 aliphatic heterocycles. The highest BCUT2D eigenvalue weighted by Crippen LogP contribution is 2.16. The third kappa shape index (κ3) is 3.43. The Morgan fingerprint density at radius 2 is 1.94 bits per heavy atom. The molecule has 18 heavy (non-hydrogen) atoms. The second-order valence-electron chi connectivity index (χ2n) is 3.91. The molecule has 0 atom stereocenters. The van der Waals surface area contributed by atoms with Crippen molar-refractivity contribution in [1.29, 1.82) is 0 Å². The second-order valence-corrected chi connectivity index (χ2v) is 3.91. The first-order chi connectivity index (χ1) is 8.63. The first-order valence-electron chi connectivity index (χ1n) is 5.72. The molecule has 5 N–H and O–H groups in total. The van der Waals surface area contributed by atoms with Crippen LogP contribution >= 0.6 is 0 Å². The SMILES string of the molecule is Cc1cc(NN)ccc1C(=O)N(CCO)CCO. The van der Waals surface area contributed by atoms with Crippen molar-refractivity contribution >= 4 is 11.6 Å². The van der Waals surface area contributed by atoms with Gasteiger partial charge in [-0.25, -0.2) is 0 Å². The van der Waals surface area contributed by atoms with Gasteiger partial charge in [-0.15, -0.1) is 0 Å². The molecular formula is C12H19N3O3. The van der Waals surface area contributed by atoms with Gasteiger partial charge in [0.25, 0.3) is 5.91 Å². The van der Waals surface area contributed by atoms with Crippen molar-refractivity contribution in [3.8, 4) is 0 Å². The number of amides is 1. The summed E-state index contributed by atoms with van der Waals surface area (Å²) in [5.41, 5.74) is 4.56. The van der Waals surface area contributed by atoms with Gasteiger partial charge in [0.2, 0.25) is 0 Å². The molecule has 0 aromatic heterocycles. The lowest BCUT2D eigenvalue weighted by Gasteiger charge is -2.21. The number of anilines is 1. The van der Waals surface area contributed by atoms with Crippen molar-refractivity contribution in [2.45, 2.75) is 6.92 Å². The van der Waals surface area contributed by atoms with Crippen molar-refractivity contribution in [3.05, 3.63) is 29.3 Å². The number of carbonyl (C=O) groups is 1. The molecule has 1 rings (SSSR count). The monoisotopic (exact) mass is 253 g/mol. The fourth-order valence-electron chi connectivity index (χ4n) is 1.72. The zero-order valence-electron chi connectivity index (χ0n) is 10.4. The van der Waals surface area contributed by atoms with Crippen LogP contribution in [0.3, 0.4) is 0 Å². The number of nitrogens with one attached hydrogen (secondary N) is 1. The highest BCUT2D eigenvalue weighted by Gasteiger charge is 2.16. The summed E-state index contributed by atoms with van der Waals surface area (Å²) in [5, 5.41) is 17.8. The van der Waals surface area contributed by atoms with E-state index in [4.69, 9.17) is 16.1 Å². The molecule has 6 nitrogen and oxygen atoms in total. The van der Waals surface area contributed by atoms with Crippen molar-refractivity contribution < 1.29 is 15.0 Å². The van der Waals surface area contributed by atoms with E-state index in [1.54, 1.807) is 18.2 Å². The van der Waals surface area contributed by atoms with Crippen LogP contribution in [0, 0.1) is 6.92 Å². The summed E-state index contributed by atoms with van der Waals surface area (Å²) in [6.45, 7) is 1.95. The smallest absolute Gasteiger partial charge is 0.254 e. The molecule has 0 aliphatic carbocycles. The quantitative estimate of drug-likeness (QED) is 0.412. The zero-order chi connectivity index (χ0) is 13.5. The van der Waals surface area contributed by atoms with Crippen LogP contribution in [0.2, 0.25) is 0 Å². The summed E-state index contributed by atoms with van der Waals surface area (Å²) in [6, 6.07) is 5.15. The number of rotatable bonds is 6. The molecule has 1 aromatic carbocycles. The maximum atomic E-state index is 12.2. The lowest BCUT2D eigenvalue weighted by molar-refractivity contribution is 0.0684. The Kier molecular flexibility index (Phi) is 5.57. The highest BCUT2D eigenvalue weighted by atomic mass is 16.3. The van der Waals surface area contributed by atoms with E-state index in [0.717, 1.165) is 11.3 Å². The summed E-state index contributed by atoms with van der Waals surface area (Å²) in [7, 11) is 0. The molecule has 0 bridgehead atoms. The van der Waals surface area contributed by atoms with Crippen LogP contribution in [-0.2, 0) is 0 Å². The number of hydrogen-bond donors (Lipinski definition) is 4. The summed E-state index contributed by atoms with van der Waals surface area (Å²) in [5.74, 6) is 5.08. The van der Waals surface area contributed by atoms with Gasteiger partial charge in [-0.05, 0) is 30.7 Å². The minimum Gasteiger partial charge on any atom is -0.395 e. The fourth-order valence-corrected chi connectivity index (χ4v) is 1.72. The minimum atomic E-state index is -0.209. The number of hydrazine groups is 1. The van der Waals surface area contributed by atoms with Gasteiger partial charge in [0.05, 0.1) is 13.2 Å². The number of hydrogen-bond acceptors (Lipinski definition) is 5. The predicted molar refractivity (Wildman–Crippen MR) is 69.1 cm³/mol. The maximum absolute atomic E-state index is 12.2. The summed E-state index contributed by atoms with van der Waals surface area (Å²) in [4.78, 5) is 13.6. The summed E-state index contributed by atoms with van der Waals surface area (Å²) >= 11 is 0. The third-order valence-electron chi connectivity index (χ3n) is 2.65. The number of aliphatic hydroxyl groups excluding tert-OH is 2. The van der Waals surface area contributed by atoms with E-state index >= 15 is 0 Å². The predicted octanol–water partition coefficient (Wildman–Crippen LogP) is -0.293. The molecule has 1 amide bonds. The normalized spacial score (nSPS) is 10.2. The minimum absolute atomic E-state index is 0.132. The molecule has 0 unspecified atom stereocenters. The van der Waals surface area contributed by atoms with Crippen LogP contribution in [0.5, 0.6) is 0 Å². The number of aryl methyl sites for hydroxylation is 1. The molecule has 0 saturated carbocycles. The lowest BCUT2D eigenvalue weighted by Crippen LogP contribution is -2.36. The van der Waals surface area contributed by atoms with E-state index in [1.807, 2.05) is 6.92 Å². The van der Waals surface area contributed by atoms with Gasteiger partial charge < -0.3 is 20.5 Å². The van der Waals surface area contributed by atoms with Gasteiger partial charge in [-0.3, -0.25) is 10.6 Å². The number of nitrogen functional groups attached to an aromatic ring is 1. The number of nitrogens with zero attached hydrogens (tertiary/aromatic N) is 1. The Bertz CT molecular complexity index is 404. The molecule has 6 heteroatoms. The Morgan fingerprint density at radius 3 is 2.39 bits per heavy atom. The molecule has 0 saturated heterocycles. The molecule has 0 aliphatic rings. The van der Waals surface area contributed by atoms with Gasteiger partial charge in [0.1, 0.15) is 0 Å². The summed E-state index contributed by atoms with van der Waals surface area (Å²) < 4.78 is 0. The maximum Gasteiger partial charge on any atom is 0.254 e. The van der Waals surface area contributed by atoms with Gasteiger partial charge >= 0.3 is 0 Å². The van der Waals surface area contributed by atoms with Gasteiger partial charge in [0, 0.05) is 24.3 Å². The van der Waals surface area contributed by atoms with Gasteiger partial charge in [-0.1, -0.05) is 0 Å². The molecule has 1 aromatic rings. The van der Waals surface area contributed by atoms with E-state index in [1.165, 1.54) is 4.90 Å². The van der Waals surface area contributed by atoms with Crippen LogP contribution in [0.15, 0.2) is 18.2 Å². The Morgan fingerprint density at radius 1 is 1.33 bits per heavy atom. The second kappa shape index (κ2) is 6.95. The molecule has 100 valence electrons. The van der Waals surface area contributed by atoms with Crippen LogP contribution in [0.25, 0.3) is 0 Å². The Hall–Kier alpha value is -1.63. The standard InChI is InChI=1S/C12H19N3O3/c1-9-8-10(14-13)2-3-11(9)12(18)15(4-6-16)5-7-17/h2-3,8,14,16-17H,4-7,13H2,1H3. The van der Waals surface area contributed by atoms with Crippen LogP contribution in [0.4, 0.5) is 5.69 Å². The molecule has 0 spiro atoms. The van der Waals surface area contributed by atoms with Crippen molar-refractivity contribution in [2.24, 2.45) is 5.84 Å². The van der Waals surface area contributed by atoms with Crippen molar-refractivity contribution in [2.75, 3.05) is 31.7 Å². The average molecular weight is 253 g/mol. The summed E-state index contributed by atoms with van der Waals surface area (Å²) in [6.07, 6.45) is 0. The van der Waals surface area contributed by atoms with E-state index in [9.17, 15) is 4.79 Å². The van der Waals surface area contributed by atoms with E-state index in [0.29, 0.717) is 5.56 Å².